The van der Waals surface area contributed by atoms with Crippen molar-refractivity contribution in [2.75, 3.05) is 13.1 Å². The molecule has 1 N–H and O–H groups in total. The van der Waals surface area contributed by atoms with Crippen LogP contribution in [-0.2, 0) is 36.3 Å². The highest BCUT2D eigenvalue weighted by molar-refractivity contribution is 5.97. The van der Waals surface area contributed by atoms with Gasteiger partial charge < -0.3 is 14.8 Å². The third kappa shape index (κ3) is 8.20. The average Bonchev–Trinajstić information content (AvgIpc) is 3.39. The minimum atomic E-state index is -5.18. The number of alkyl halides is 9. The predicted octanol–water partition coefficient (Wildman–Crippen LogP) is 8.35. The van der Waals surface area contributed by atoms with Crippen molar-refractivity contribution in [3.63, 3.8) is 0 Å². The van der Waals surface area contributed by atoms with E-state index in [0.717, 1.165) is 33.5 Å². The number of amides is 2. The number of rotatable bonds is 9. The Balaban J connectivity index is 1.64. The standard InChI is InChI=1S/C32H28F9N3O2/c1-19(2)44(29(46)22-13-24(31(36,37)38)15-25(14-22)32(39,40)41)18-28(45)43(17-20-7-9-23(10-8-20)30(33,34)35)12-11-21-16-42-27-6-4-3-5-26(21)27/h3-10,13-16,19,42H,11-12,17-18H2,1-2H3. The summed E-state index contributed by atoms with van der Waals surface area (Å²) in [6.45, 7) is 2.01. The van der Waals surface area contributed by atoms with Crippen LogP contribution in [0.4, 0.5) is 39.5 Å². The van der Waals surface area contributed by atoms with Crippen LogP contribution in [0.25, 0.3) is 10.9 Å². The number of hydrogen-bond donors (Lipinski definition) is 1. The molecule has 2 amide bonds. The lowest BCUT2D eigenvalue weighted by Crippen LogP contribution is -2.46. The maximum absolute atomic E-state index is 13.7. The average molecular weight is 658 g/mol. The molecule has 4 rings (SSSR count). The number of halogens is 9. The van der Waals surface area contributed by atoms with Crippen LogP contribution < -0.4 is 0 Å². The van der Waals surface area contributed by atoms with Gasteiger partial charge in [-0.1, -0.05) is 30.3 Å². The van der Waals surface area contributed by atoms with Gasteiger partial charge in [-0.05, 0) is 67.8 Å². The molecule has 0 bridgehead atoms. The van der Waals surface area contributed by atoms with Crippen molar-refractivity contribution in [2.45, 2.75) is 51.4 Å². The third-order valence-corrected chi connectivity index (χ3v) is 7.36. The first-order valence-corrected chi connectivity index (χ1v) is 13.9. The molecule has 1 aromatic heterocycles. The molecule has 14 heteroatoms. The van der Waals surface area contributed by atoms with Crippen molar-refractivity contribution in [1.29, 1.82) is 0 Å². The van der Waals surface area contributed by atoms with Crippen molar-refractivity contribution in [3.05, 3.63) is 106 Å². The van der Waals surface area contributed by atoms with Gasteiger partial charge in [-0.25, -0.2) is 0 Å². The lowest BCUT2D eigenvalue weighted by Gasteiger charge is -2.30. The molecule has 1 heterocycles. The summed E-state index contributed by atoms with van der Waals surface area (Å²) in [4.78, 5) is 32.3. The molecule has 3 aromatic carbocycles. The van der Waals surface area contributed by atoms with Gasteiger partial charge in [-0.15, -0.1) is 0 Å². The minimum absolute atomic E-state index is 0.0314. The van der Waals surface area contributed by atoms with Crippen LogP contribution in [0, 0.1) is 0 Å². The Labute approximate surface area is 257 Å². The monoisotopic (exact) mass is 657 g/mol. The number of carbonyl (C=O) groups excluding carboxylic acids is 2. The van der Waals surface area contributed by atoms with Gasteiger partial charge in [0.05, 0.1) is 16.7 Å². The lowest BCUT2D eigenvalue weighted by atomic mass is 10.0. The summed E-state index contributed by atoms with van der Waals surface area (Å²) >= 11 is 0. The van der Waals surface area contributed by atoms with Gasteiger partial charge in [0.15, 0.2) is 0 Å². The zero-order valence-corrected chi connectivity index (χ0v) is 24.4. The second-order valence-corrected chi connectivity index (χ2v) is 10.9. The molecule has 5 nitrogen and oxygen atoms in total. The molecular weight excluding hydrogens is 629 g/mol. The maximum atomic E-state index is 13.7. The van der Waals surface area contributed by atoms with E-state index in [0.29, 0.717) is 17.7 Å². The maximum Gasteiger partial charge on any atom is 0.416 e. The van der Waals surface area contributed by atoms with E-state index in [4.69, 9.17) is 0 Å². The Morgan fingerprint density at radius 1 is 0.761 bits per heavy atom. The topological polar surface area (TPSA) is 56.4 Å². The van der Waals surface area contributed by atoms with Crippen LogP contribution in [-0.4, -0.2) is 45.7 Å². The molecule has 46 heavy (non-hydrogen) atoms. The molecule has 0 aliphatic rings. The normalized spacial score (nSPS) is 12.5. The van der Waals surface area contributed by atoms with E-state index in [-0.39, 0.29) is 25.6 Å². The minimum Gasteiger partial charge on any atom is -0.361 e. The van der Waals surface area contributed by atoms with Crippen molar-refractivity contribution in [2.24, 2.45) is 0 Å². The Hall–Kier alpha value is -4.49. The number of nitrogens with zero attached hydrogens (tertiary/aromatic N) is 2. The van der Waals surface area contributed by atoms with E-state index in [1.54, 1.807) is 6.20 Å². The van der Waals surface area contributed by atoms with Gasteiger partial charge in [0.1, 0.15) is 6.54 Å². The van der Waals surface area contributed by atoms with Gasteiger partial charge in [0, 0.05) is 41.8 Å². The fourth-order valence-corrected chi connectivity index (χ4v) is 4.88. The first kappa shape index (κ1) is 34.4. The highest BCUT2D eigenvalue weighted by Crippen LogP contribution is 2.37. The van der Waals surface area contributed by atoms with Crippen molar-refractivity contribution in [3.8, 4) is 0 Å². The fourth-order valence-electron chi connectivity index (χ4n) is 4.88. The zero-order valence-electron chi connectivity index (χ0n) is 24.4. The quantitative estimate of drug-likeness (QED) is 0.184. The van der Waals surface area contributed by atoms with Crippen LogP contribution in [0.15, 0.2) is 72.9 Å². The summed E-state index contributed by atoms with van der Waals surface area (Å²) < 4.78 is 120. The summed E-state index contributed by atoms with van der Waals surface area (Å²) in [5.41, 5.74) is -3.18. The molecule has 0 saturated heterocycles. The number of fused-ring (bicyclic) bond motifs is 1. The summed E-state index contributed by atoms with van der Waals surface area (Å²) in [6, 6.07) is 11.1. The largest absolute Gasteiger partial charge is 0.416 e. The van der Waals surface area contributed by atoms with Crippen LogP contribution in [0.5, 0.6) is 0 Å². The zero-order chi connectivity index (χ0) is 34.0. The first-order valence-electron chi connectivity index (χ1n) is 13.9. The Bertz CT molecular complexity index is 1660. The van der Waals surface area contributed by atoms with Crippen LogP contribution >= 0.6 is 0 Å². The van der Waals surface area contributed by atoms with Gasteiger partial charge in [-0.3, -0.25) is 9.59 Å². The molecule has 4 aromatic rings. The number of aromatic amines is 1. The SMILES string of the molecule is CC(C)N(CC(=O)N(CCc1c[nH]c2ccccc12)Cc1ccc(C(F)(F)F)cc1)C(=O)c1cc(C(F)(F)F)cc(C(F)(F)F)c1. The molecule has 0 atom stereocenters. The second-order valence-electron chi connectivity index (χ2n) is 10.9. The third-order valence-electron chi connectivity index (χ3n) is 7.36. The predicted molar refractivity (Wildman–Crippen MR) is 151 cm³/mol. The van der Waals surface area contributed by atoms with Gasteiger partial charge in [-0.2, -0.15) is 39.5 Å². The van der Waals surface area contributed by atoms with Crippen molar-refractivity contribution >= 4 is 22.7 Å². The Kier molecular flexibility index (Phi) is 9.78. The van der Waals surface area contributed by atoms with Gasteiger partial charge >= 0.3 is 18.5 Å². The highest BCUT2D eigenvalue weighted by atomic mass is 19.4. The van der Waals surface area contributed by atoms with Gasteiger partial charge in [0.25, 0.3) is 5.91 Å². The number of H-pyrrole nitrogens is 1. The number of aromatic nitrogens is 1. The van der Waals surface area contributed by atoms with E-state index < -0.39 is 65.2 Å². The summed E-state index contributed by atoms with van der Waals surface area (Å²) in [5, 5.41) is 0.869. The van der Waals surface area contributed by atoms with E-state index in [2.05, 4.69) is 4.98 Å². The molecule has 0 unspecified atom stereocenters. The van der Waals surface area contributed by atoms with E-state index in [9.17, 15) is 49.1 Å². The lowest BCUT2D eigenvalue weighted by molar-refractivity contribution is -0.143. The number of benzene rings is 3. The van der Waals surface area contributed by atoms with Crippen molar-refractivity contribution in [1.82, 2.24) is 14.8 Å². The smallest absolute Gasteiger partial charge is 0.361 e. The molecule has 0 saturated carbocycles. The van der Waals surface area contributed by atoms with E-state index in [1.165, 1.54) is 30.9 Å². The molecule has 0 fully saturated rings. The summed E-state index contributed by atoms with van der Waals surface area (Å²) in [7, 11) is 0. The fraction of sp³-hybridized carbons (Fsp3) is 0.312. The van der Waals surface area contributed by atoms with Crippen LogP contribution in [0.2, 0.25) is 0 Å². The Morgan fingerprint density at radius 3 is 1.87 bits per heavy atom. The molecule has 0 radical (unpaired) electrons. The Morgan fingerprint density at radius 2 is 1.33 bits per heavy atom. The molecule has 0 aliphatic carbocycles. The summed E-state index contributed by atoms with van der Waals surface area (Å²) in [5.74, 6) is -1.95. The molecule has 246 valence electrons. The van der Waals surface area contributed by atoms with Crippen LogP contribution in [0.3, 0.4) is 0 Å². The van der Waals surface area contributed by atoms with Crippen LogP contribution in [0.1, 0.15) is 52.0 Å². The molecule has 0 aliphatic heterocycles. The number of carbonyl (C=O) groups is 2. The van der Waals surface area contributed by atoms with E-state index in [1.807, 2.05) is 24.3 Å². The summed E-state index contributed by atoms with van der Waals surface area (Å²) in [6.07, 6.45) is -12.9. The molecular formula is C32H28F9N3O2. The molecule has 0 spiro atoms. The number of hydrogen-bond acceptors (Lipinski definition) is 2. The van der Waals surface area contributed by atoms with Crippen molar-refractivity contribution < 1.29 is 49.1 Å². The van der Waals surface area contributed by atoms with Gasteiger partial charge in [0.2, 0.25) is 5.91 Å². The highest BCUT2D eigenvalue weighted by Gasteiger charge is 2.38. The number of para-hydroxylation sites is 1. The van der Waals surface area contributed by atoms with E-state index >= 15 is 0 Å². The first-order chi connectivity index (χ1) is 21.3. The second kappa shape index (κ2) is 13.1. The number of nitrogens with one attached hydrogen (secondary N) is 1.